The van der Waals surface area contributed by atoms with Crippen molar-refractivity contribution in [2.24, 2.45) is 0 Å². The van der Waals surface area contributed by atoms with E-state index in [-0.39, 0.29) is 0 Å². The molecule has 1 rings (SSSR count). The zero-order valence-corrected chi connectivity index (χ0v) is 10.4. The number of hydrogen-bond acceptors (Lipinski definition) is 2. The van der Waals surface area contributed by atoms with Crippen LogP contribution in [-0.2, 0) is 9.53 Å². The van der Waals surface area contributed by atoms with Crippen molar-refractivity contribution in [3.8, 4) is 12.3 Å². The van der Waals surface area contributed by atoms with Crippen molar-refractivity contribution in [3.05, 3.63) is 35.9 Å². The normalized spacial score (nSPS) is 8.47. The molecule has 0 spiro atoms. The molecule has 0 heterocycles. The van der Waals surface area contributed by atoms with E-state index in [0.717, 1.165) is 12.0 Å². The van der Waals surface area contributed by atoms with Crippen LogP contribution in [0.5, 0.6) is 0 Å². The van der Waals surface area contributed by atoms with E-state index in [9.17, 15) is 4.79 Å². The number of hydrogen-bond donors (Lipinski definition) is 0. The third kappa shape index (κ3) is 10.5. The molecule has 0 aliphatic rings. The first-order valence-electron chi connectivity index (χ1n) is 5.92. The minimum atomic E-state index is 0.506. The first-order chi connectivity index (χ1) is 8.35. The first-order valence-corrected chi connectivity index (χ1v) is 5.92. The minimum Gasteiger partial charge on any atom is -0.468 e. The number of carbonyl (C=O) groups excluding carboxylic acids is 1. The van der Waals surface area contributed by atoms with E-state index >= 15 is 0 Å². The van der Waals surface area contributed by atoms with Crippen LogP contribution < -0.4 is 0 Å². The van der Waals surface area contributed by atoms with Crippen molar-refractivity contribution in [2.45, 2.75) is 32.6 Å². The predicted octanol–water partition coefficient (Wildman–Crippen LogP) is 3.41. The van der Waals surface area contributed by atoms with Gasteiger partial charge in [0.05, 0.1) is 6.61 Å². The van der Waals surface area contributed by atoms with E-state index < -0.39 is 0 Å². The quantitative estimate of drug-likeness (QED) is 0.427. The maximum absolute atomic E-state index is 9.62. The highest BCUT2D eigenvalue weighted by Crippen LogP contribution is 1.97. The summed E-state index contributed by atoms with van der Waals surface area (Å²) >= 11 is 0. The molecule has 0 atom stereocenters. The van der Waals surface area contributed by atoms with Gasteiger partial charge in [-0.05, 0) is 18.6 Å². The van der Waals surface area contributed by atoms with Crippen molar-refractivity contribution in [1.29, 1.82) is 0 Å². The third-order valence-corrected chi connectivity index (χ3v) is 2.12. The van der Waals surface area contributed by atoms with Gasteiger partial charge in [-0.2, -0.15) is 0 Å². The Morgan fingerprint density at radius 1 is 1.24 bits per heavy atom. The minimum absolute atomic E-state index is 0.506. The molecule has 0 saturated heterocycles. The highest BCUT2D eigenvalue weighted by molar-refractivity contribution is 5.36. The molecule has 0 unspecified atom stereocenters. The molecule has 0 fully saturated rings. The van der Waals surface area contributed by atoms with Crippen LogP contribution in [0.25, 0.3) is 0 Å². The molecule has 0 radical (unpaired) electrons. The molecule has 1 aromatic carbocycles. The van der Waals surface area contributed by atoms with Gasteiger partial charge < -0.3 is 4.74 Å². The van der Waals surface area contributed by atoms with Gasteiger partial charge in [-0.25, -0.2) is 0 Å². The monoisotopic (exact) mass is 232 g/mol. The Morgan fingerprint density at radius 3 is 2.41 bits per heavy atom. The summed E-state index contributed by atoms with van der Waals surface area (Å²) in [6.07, 6.45) is 9.74. The Balaban J connectivity index is 0.000000302. The van der Waals surface area contributed by atoms with Crippen molar-refractivity contribution < 1.29 is 9.53 Å². The lowest BCUT2D eigenvalue weighted by Gasteiger charge is -1.95. The number of benzene rings is 1. The summed E-state index contributed by atoms with van der Waals surface area (Å²) in [5.74, 6) is 2.53. The Bertz CT molecular complexity index is 311. The van der Waals surface area contributed by atoms with E-state index in [4.69, 9.17) is 6.42 Å². The van der Waals surface area contributed by atoms with Crippen LogP contribution in [0.2, 0.25) is 0 Å². The molecular weight excluding hydrogens is 212 g/mol. The van der Waals surface area contributed by atoms with E-state index in [2.05, 4.69) is 17.6 Å². The molecule has 0 N–H and O–H groups in total. The van der Waals surface area contributed by atoms with Crippen LogP contribution in [-0.4, -0.2) is 13.1 Å². The average Bonchev–Trinajstić information content (AvgIpc) is 2.40. The van der Waals surface area contributed by atoms with Crippen molar-refractivity contribution in [1.82, 2.24) is 0 Å². The molecule has 2 nitrogen and oxygen atoms in total. The second-order valence-corrected chi connectivity index (χ2v) is 3.54. The molecule has 1 aromatic rings. The van der Waals surface area contributed by atoms with Gasteiger partial charge in [-0.1, -0.05) is 50.3 Å². The Labute approximate surface area is 104 Å². The Kier molecular flexibility index (Phi) is 11.1. The van der Waals surface area contributed by atoms with Crippen LogP contribution >= 0.6 is 0 Å². The van der Waals surface area contributed by atoms with Gasteiger partial charge in [0.2, 0.25) is 0 Å². The molecule has 0 aromatic heterocycles. The van der Waals surface area contributed by atoms with E-state index in [1.54, 1.807) is 0 Å². The van der Waals surface area contributed by atoms with Crippen molar-refractivity contribution in [2.75, 3.05) is 6.61 Å². The van der Waals surface area contributed by atoms with E-state index in [0.29, 0.717) is 13.1 Å². The molecule has 0 saturated carbocycles. The van der Waals surface area contributed by atoms with Crippen LogP contribution in [0.3, 0.4) is 0 Å². The van der Waals surface area contributed by atoms with Crippen LogP contribution in [0, 0.1) is 12.3 Å². The van der Waals surface area contributed by atoms with Gasteiger partial charge in [-0.3, -0.25) is 4.79 Å². The molecule has 17 heavy (non-hydrogen) atoms. The van der Waals surface area contributed by atoms with Gasteiger partial charge >= 0.3 is 0 Å². The molecule has 92 valence electrons. The lowest BCUT2D eigenvalue weighted by Crippen LogP contribution is -1.90. The summed E-state index contributed by atoms with van der Waals surface area (Å²) in [5, 5.41) is 0. The Morgan fingerprint density at radius 2 is 1.94 bits per heavy atom. The zero-order valence-electron chi connectivity index (χ0n) is 10.4. The van der Waals surface area contributed by atoms with E-state index in [1.165, 1.54) is 19.3 Å². The van der Waals surface area contributed by atoms with E-state index in [1.807, 2.05) is 30.3 Å². The lowest BCUT2D eigenvalue weighted by molar-refractivity contribution is -0.128. The summed E-state index contributed by atoms with van der Waals surface area (Å²) in [6, 6.07) is 9.60. The van der Waals surface area contributed by atoms with Gasteiger partial charge in [0.15, 0.2) is 0 Å². The number of carbonyl (C=O) groups is 1. The van der Waals surface area contributed by atoms with Gasteiger partial charge in [-0.15, -0.1) is 6.42 Å². The molecule has 0 aliphatic heterocycles. The number of rotatable bonds is 6. The molecule has 0 aliphatic carbocycles. The smallest absolute Gasteiger partial charge is 0.293 e. The van der Waals surface area contributed by atoms with Crippen molar-refractivity contribution >= 4 is 6.47 Å². The fourth-order valence-electron chi connectivity index (χ4n) is 1.19. The molecule has 2 heteroatoms. The SMILES string of the molecule is C#Cc1ccccc1.CCCCCCOC=O. The summed E-state index contributed by atoms with van der Waals surface area (Å²) in [5.41, 5.74) is 0.938. The predicted molar refractivity (Wildman–Crippen MR) is 70.5 cm³/mol. The van der Waals surface area contributed by atoms with Crippen LogP contribution in [0.4, 0.5) is 0 Å². The largest absolute Gasteiger partial charge is 0.468 e. The van der Waals surface area contributed by atoms with Crippen molar-refractivity contribution in [3.63, 3.8) is 0 Å². The summed E-state index contributed by atoms with van der Waals surface area (Å²) in [7, 11) is 0. The van der Waals surface area contributed by atoms with Gasteiger partial charge in [0.1, 0.15) is 0 Å². The zero-order chi connectivity index (χ0) is 12.8. The topological polar surface area (TPSA) is 26.3 Å². The lowest BCUT2D eigenvalue weighted by atomic mass is 10.2. The maximum atomic E-state index is 9.62. The maximum Gasteiger partial charge on any atom is 0.293 e. The van der Waals surface area contributed by atoms with Gasteiger partial charge in [0.25, 0.3) is 6.47 Å². The van der Waals surface area contributed by atoms with Gasteiger partial charge in [0, 0.05) is 5.56 Å². The van der Waals surface area contributed by atoms with Crippen LogP contribution in [0.1, 0.15) is 38.2 Å². The number of terminal acetylenes is 1. The highest BCUT2D eigenvalue weighted by Gasteiger charge is 1.85. The second-order valence-electron chi connectivity index (χ2n) is 3.54. The first kappa shape index (κ1) is 15.2. The fourth-order valence-corrected chi connectivity index (χ4v) is 1.19. The number of unbranched alkanes of at least 4 members (excludes halogenated alkanes) is 3. The second kappa shape index (κ2) is 12.3. The molecule has 0 bridgehead atoms. The summed E-state index contributed by atoms with van der Waals surface area (Å²) in [6.45, 7) is 3.25. The standard InChI is InChI=1S/C8H6.C7H14O2/c1-2-8-6-4-3-5-7-8;1-2-3-4-5-6-9-7-8/h1,3-7H;7H,2-6H2,1H3. The Hall–Kier alpha value is -1.75. The third-order valence-electron chi connectivity index (χ3n) is 2.12. The van der Waals surface area contributed by atoms with Crippen LogP contribution in [0.15, 0.2) is 30.3 Å². The average molecular weight is 232 g/mol. The summed E-state index contributed by atoms with van der Waals surface area (Å²) in [4.78, 5) is 9.62. The molecule has 0 amide bonds. The molecular formula is C15H20O2. The number of ether oxygens (including phenoxy) is 1. The summed E-state index contributed by atoms with van der Waals surface area (Å²) < 4.78 is 4.50. The highest BCUT2D eigenvalue weighted by atomic mass is 16.5. The fraction of sp³-hybridized carbons (Fsp3) is 0.400.